The lowest BCUT2D eigenvalue weighted by molar-refractivity contribution is -0.275. The first-order chi connectivity index (χ1) is 7.37. The maximum atomic E-state index is 12.3. The van der Waals surface area contributed by atoms with Gasteiger partial charge in [-0.3, -0.25) is 4.98 Å². The molecule has 0 amide bonds. The molecule has 0 saturated carbocycles. The third-order valence-electron chi connectivity index (χ3n) is 1.56. The van der Waals surface area contributed by atoms with Crippen molar-refractivity contribution in [1.29, 1.82) is 0 Å². The van der Waals surface area contributed by atoms with Gasteiger partial charge in [0.05, 0.1) is 21.6 Å². The summed E-state index contributed by atoms with van der Waals surface area (Å²) in [5.74, 6) is -0.556. The van der Waals surface area contributed by atoms with Crippen molar-refractivity contribution in [3.63, 3.8) is 0 Å². The summed E-state index contributed by atoms with van der Waals surface area (Å²) in [6, 6.07) is 0.856. The lowest BCUT2D eigenvalue weighted by atomic mass is 10.3. The summed E-state index contributed by atoms with van der Waals surface area (Å²) in [4.78, 5) is 3.62. The maximum absolute atomic E-state index is 12.3. The number of alkyl halides is 4. The van der Waals surface area contributed by atoms with Crippen LogP contribution in [0.5, 0.6) is 5.75 Å². The molecule has 1 rings (SSSR count). The van der Waals surface area contributed by atoms with E-state index in [1.165, 1.54) is 0 Å². The highest BCUT2D eigenvalue weighted by Crippen LogP contribution is 2.30. The minimum Gasteiger partial charge on any atom is -0.405 e. The standard InChI is InChI=1S/C8H6F4INO2/c9-2-4-1-6(16-8(10,11)12)7(13)5(3-15)14-4/h1,15H,2-3H2. The second kappa shape index (κ2) is 5.13. The van der Waals surface area contributed by atoms with Gasteiger partial charge < -0.3 is 9.84 Å². The lowest BCUT2D eigenvalue weighted by Crippen LogP contribution is -2.18. The molecule has 0 aromatic carbocycles. The number of aromatic nitrogens is 1. The Morgan fingerprint density at radius 2 is 2.06 bits per heavy atom. The third-order valence-corrected chi connectivity index (χ3v) is 2.71. The van der Waals surface area contributed by atoms with Gasteiger partial charge in [-0.2, -0.15) is 0 Å². The van der Waals surface area contributed by atoms with Crippen LogP contribution in [0.4, 0.5) is 17.6 Å². The second-order valence-corrected chi connectivity index (χ2v) is 3.79. The van der Waals surface area contributed by atoms with Crippen molar-refractivity contribution < 1.29 is 27.4 Å². The van der Waals surface area contributed by atoms with Gasteiger partial charge in [0.15, 0.2) is 0 Å². The van der Waals surface area contributed by atoms with Crippen molar-refractivity contribution in [2.24, 2.45) is 0 Å². The molecule has 0 aliphatic carbocycles. The number of rotatable bonds is 3. The van der Waals surface area contributed by atoms with Crippen LogP contribution in [-0.4, -0.2) is 16.5 Å². The van der Waals surface area contributed by atoms with Crippen LogP contribution in [0.25, 0.3) is 0 Å². The second-order valence-electron chi connectivity index (χ2n) is 2.71. The number of pyridine rings is 1. The van der Waals surface area contributed by atoms with E-state index in [4.69, 9.17) is 5.11 Å². The first kappa shape index (κ1) is 13.4. The molecular weight excluding hydrogens is 345 g/mol. The lowest BCUT2D eigenvalue weighted by Gasteiger charge is -2.13. The van der Waals surface area contributed by atoms with E-state index in [-0.39, 0.29) is 15.0 Å². The van der Waals surface area contributed by atoms with Crippen LogP contribution in [-0.2, 0) is 13.3 Å². The number of nitrogens with zero attached hydrogens (tertiary/aromatic N) is 1. The van der Waals surface area contributed by atoms with Crippen molar-refractivity contribution in [3.05, 3.63) is 21.0 Å². The Balaban J connectivity index is 3.16. The minimum atomic E-state index is -4.86. The van der Waals surface area contributed by atoms with Gasteiger partial charge in [-0.25, -0.2) is 4.39 Å². The Hall–Kier alpha value is -0.640. The Morgan fingerprint density at radius 3 is 2.50 bits per heavy atom. The van der Waals surface area contributed by atoms with E-state index in [2.05, 4.69) is 9.72 Å². The monoisotopic (exact) mass is 351 g/mol. The van der Waals surface area contributed by atoms with Crippen LogP contribution in [0, 0.1) is 3.57 Å². The molecule has 3 nitrogen and oxygen atoms in total. The van der Waals surface area contributed by atoms with Gasteiger partial charge >= 0.3 is 6.36 Å². The van der Waals surface area contributed by atoms with Gasteiger partial charge in [0.25, 0.3) is 0 Å². The van der Waals surface area contributed by atoms with E-state index in [0.29, 0.717) is 0 Å². The zero-order valence-corrected chi connectivity index (χ0v) is 9.84. The van der Waals surface area contributed by atoms with Gasteiger partial charge in [-0.1, -0.05) is 0 Å². The molecule has 1 aromatic heterocycles. The minimum absolute atomic E-state index is 0.00891. The Labute approximate surface area is 102 Å². The molecule has 0 fully saturated rings. The van der Waals surface area contributed by atoms with Crippen molar-refractivity contribution in [2.75, 3.05) is 0 Å². The molecule has 1 aromatic rings. The number of aliphatic hydroxyl groups excluding tert-OH is 1. The number of hydrogen-bond donors (Lipinski definition) is 1. The molecule has 0 saturated heterocycles. The molecule has 0 aliphatic rings. The summed E-state index contributed by atoms with van der Waals surface area (Å²) in [5.41, 5.74) is -0.265. The Kier molecular flexibility index (Phi) is 4.30. The van der Waals surface area contributed by atoms with Crippen molar-refractivity contribution >= 4 is 22.6 Å². The first-order valence-corrected chi connectivity index (χ1v) is 5.06. The highest BCUT2D eigenvalue weighted by atomic mass is 127. The molecular formula is C8H6F4INO2. The SMILES string of the molecule is OCc1nc(CF)cc(OC(F)(F)F)c1I. The van der Waals surface area contributed by atoms with Crippen LogP contribution in [0.15, 0.2) is 6.07 Å². The maximum Gasteiger partial charge on any atom is 0.573 e. The van der Waals surface area contributed by atoms with Crippen molar-refractivity contribution in [3.8, 4) is 5.75 Å². The van der Waals surface area contributed by atoms with E-state index >= 15 is 0 Å². The normalized spacial score (nSPS) is 11.6. The van der Waals surface area contributed by atoms with Crippen molar-refractivity contribution in [2.45, 2.75) is 19.6 Å². The Morgan fingerprint density at radius 1 is 1.44 bits per heavy atom. The van der Waals surface area contributed by atoms with E-state index in [1.807, 2.05) is 0 Å². The quantitative estimate of drug-likeness (QED) is 0.673. The molecule has 0 spiro atoms. The van der Waals surface area contributed by atoms with Crippen molar-refractivity contribution in [1.82, 2.24) is 4.98 Å². The summed E-state index contributed by atoms with van der Waals surface area (Å²) < 4.78 is 52.0. The van der Waals surface area contributed by atoms with Gasteiger partial charge in [-0.05, 0) is 22.6 Å². The molecule has 0 radical (unpaired) electrons. The van der Waals surface area contributed by atoms with E-state index in [9.17, 15) is 17.6 Å². The largest absolute Gasteiger partial charge is 0.573 e. The van der Waals surface area contributed by atoms with E-state index in [1.54, 1.807) is 22.6 Å². The topological polar surface area (TPSA) is 42.4 Å². The zero-order chi connectivity index (χ0) is 12.3. The summed E-state index contributed by atoms with van der Waals surface area (Å²) in [6.07, 6.45) is -4.86. The van der Waals surface area contributed by atoms with Crippen LogP contribution in [0.1, 0.15) is 11.4 Å². The summed E-state index contributed by atoms with van der Waals surface area (Å²) in [5, 5.41) is 8.83. The molecule has 0 atom stereocenters. The smallest absolute Gasteiger partial charge is 0.405 e. The fourth-order valence-corrected chi connectivity index (χ4v) is 1.54. The fraction of sp³-hybridized carbons (Fsp3) is 0.375. The van der Waals surface area contributed by atoms with Gasteiger partial charge in [0, 0.05) is 6.07 Å². The molecule has 0 aliphatic heterocycles. The van der Waals surface area contributed by atoms with E-state index < -0.39 is 25.4 Å². The predicted molar refractivity (Wildman–Crippen MR) is 54.4 cm³/mol. The number of halogens is 5. The molecule has 0 unspecified atom stereocenters. The highest BCUT2D eigenvalue weighted by Gasteiger charge is 2.32. The van der Waals surface area contributed by atoms with Crippen LogP contribution in [0.2, 0.25) is 0 Å². The zero-order valence-electron chi connectivity index (χ0n) is 7.68. The summed E-state index contributed by atoms with van der Waals surface area (Å²) in [7, 11) is 0. The average molecular weight is 351 g/mol. The van der Waals surface area contributed by atoms with Gasteiger partial charge in [0.2, 0.25) is 0 Å². The number of ether oxygens (including phenoxy) is 1. The number of aliphatic hydroxyl groups is 1. The van der Waals surface area contributed by atoms with E-state index in [0.717, 1.165) is 6.07 Å². The van der Waals surface area contributed by atoms with Crippen LogP contribution >= 0.6 is 22.6 Å². The fourth-order valence-electron chi connectivity index (χ4n) is 0.984. The Bertz CT molecular complexity index is 383. The number of hydrogen-bond acceptors (Lipinski definition) is 3. The first-order valence-electron chi connectivity index (χ1n) is 3.98. The summed E-state index contributed by atoms with van der Waals surface area (Å²) in [6.45, 7) is -1.61. The van der Waals surface area contributed by atoms with Gasteiger partial charge in [-0.15, -0.1) is 13.2 Å². The molecule has 8 heteroatoms. The highest BCUT2D eigenvalue weighted by molar-refractivity contribution is 14.1. The third kappa shape index (κ3) is 3.44. The molecule has 1 N–H and O–H groups in total. The predicted octanol–water partition coefficient (Wildman–Crippen LogP) is 2.55. The molecule has 0 bridgehead atoms. The molecule has 90 valence electrons. The summed E-state index contributed by atoms with van der Waals surface area (Å²) >= 11 is 1.54. The molecule has 1 heterocycles. The average Bonchev–Trinajstić information content (AvgIpc) is 2.19. The van der Waals surface area contributed by atoms with Crippen LogP contribution in [0.3, 0.4) is 0 Å². The molecule has 16 heavy (non-hydrogen) atoms. The van der Waals surface area contributed by atoms with Gasteiger partial charge in [0.1, 0.15) is 12.4 Å². The van der Waals surface area contributed by atoms with Crippen LogP contribution < -0.4 is 4.74 Å².